The highest BCUT2D eigenvalue weighted by Crippen LogP contribution is 2.28. The zero-order valence-corrected chi connectivity index (χ0v) is 26.7. The standard InChI is InChI=1S/C32H46FN3O2S.BrH/c1-3-4-5-6-7-8-9-10-11-12-13-16-21-38-31-20-19-28(22-29(31)33)34-32(37)35-30-18-15-14-17-27(30)24-36-23-26(2)39-25-36;/h14-15,17-20,22-23H,3-13,16,21,24-25H2,1-2H3,(H2,34,35,37);1H. The van der Waals surface area contributed by atoms with Gasteiger partial charge in [-0.3, -0.25) is 0 Å². The van der Waals surface area contributed by atoms with Gasteiger partial charge in [0.15, 0.2) is 11.6 Å². The van der Waals surface area contributed by atoms with Gasteiger partial charge in [-0.05, 0) is 42.0 Å². The number of hydrogen-bond acceptors (Lipinski definition) is 4. The van der Waals surface area contributed by atoms with Gasteiger partial charge in [0.05, 0.1) is 12.5 Å². The first-order valence-electron chi connectivity index (χ1n) is 14.7. The van der Waals surface area contributed by atoms with Crippen molar-refractivity contribution in [3.63, 3.8) is 0 Å². The fourth-order valence-electron chi connectivity index (χ4n) is 4.71. The molecule has 0 saturated carbocycles. The Balaban J connectivity index is 0.00000560. The van der Waals surface area contributed by atoms with E-state index in [0.717, 1.165) is 30.0 Å². The normalized spacial score (nSPS) is 12.6. The van der Waals surface area contributed by atoms with Crippen molar-refractivity contribution in [3.05, 3.63) is 65.0 Å². The monoisotopic (exact) mass is 635 g/mol. The number of urea groups is 1. The summed E-state index contributed by atoms with van der Waals surface area (Å²) in [5, 5.41) is 5.63. The number of amides is 2. The molecule has 0 spiro atoms. The van der Waals surface area contributed by atoms with E-state index >= 15 is 0 Å². The van der Waals surface area contributed by atoms with E-state index in [4.69, 9.17) is 4.74 Å². The molecule has 0 atom stereocenters. The molecule has 0 unspecified atom stereocenters. The third-order valence-corrected chi connectivity index (χ3v) is 7.93. The number of unbranched alkanes of at least 4 members (excludes halogenated alkanes) is 11. The van der Waals surface area contributed by atoms with Crippen molar-refractivity contribution < 1.29 is 13.9 Å². The highest BCUT2D eigenvalue weighted by molar-refractivity contribution is 8.93. The molecule has 0 aliphatic carbocycles. The van der Waals surface area contributed by atoms with Crippen LogP contribution in [0.4, 0.5) is 20.6 Å². The van der Waals surface area contributed by atoms with Crippen LogP contribution in [0.5, 0.6) is 5.75 Å². The predicted octanol–water partition coefficient (Wildman–Crippen LogP) is 10.5. The Morgan fingerprint density at radius 1 is 0.925 bits per heavy atom. The molecule has 1 heterocycles. The molecular weight excluding hydrogens is 589 g/mol. The van der Waals surface area contributed by atoms with Gasteiger partial charge in [0.2, 0.25) is 0 Å². The van der Waals surface area contributed by atoms with Crippen LogP contribution >= 0.6 is 28.7 Å². The smallest absolute Gasteiger partial charge is 0.323 e. The van der Waals surface area contributed by atoms with Gasteiger partial charge < -0.3 is 20.3 Å². The number of hydrogen-bond donors (Lipinski definition) is 2. The van der Waals surface area contributed by atoms with E-state index in [1.165, 1.54) is 75.2 Å². The van der Waals surface area contributed by atoms with Crippen LogP contribution < -0.4 is 15.4 Å². The van der Waals surface area contributed by atoms with Crippen molar-refractivity contribution in [2.45, 2.75) is 97.4 Å². The lowest BCUT2D eigenvalue weighted by Gasteiger charge is -2.18. The van der Waals surface area contributed by atoms with Crippen LogP contribution in [0, 0.1) is 5.82 Å². The second kappa shape index (κ2) is 19.8. The molecule has 0 bridgehead atoms. The van der Waals surface area contributed by atoms with Crippen molar-refractivity contribution in [1.82, 2.24) is 4.90 Å². The summed E-state index contributed by atoms with van der Waals surface area (Å²) in [5.41, 5.74) is 2.14. The van der Waals surface area contributed by atoms with E-state index in [1.807, 2.05) is 24.3 Å². The minimum absolute atomic E-state index is 0. The molecule has 1 aliphatic rings. The van der Waals surface area contributed by atoms with Crippen LogP contribution in [-0.4, -0.2) is 23.4 Å². The highest BCUT2D eigenvalue weighted by Gasteiger charge is 2.14. The van der Waals surface area contributed by atoms with Crippen LogP contribution in [0.2, 0.25) is 0 Å². The number of para-hydroxylation sites is 1. The van der Waals surface area contributed by atoms with Crippen molar-refractivity contribution in [2.24, 2.45) is 0 Å². The van der Waals surface area contributed by atoms with Crippen LogP contribution in [0.1, 0.15) is 96.5 Å². The number of nitrogens with zero attached hydrogens (tertiary/aromatic N) is 1. The van der Waals surface area contributed by atoms with Gasteiger partial charge in [-0.25, -0.2) is 9.18 Å². The minimum atomic E-state index is -0.471. The Bertz CT molecular complexity index is 1050. The summed E-state index contributed by atoms with van der Waals surface area (Å²) in [6.45, 7) is 5.56. The minimum Gasteiger partial charge on any atom is -0.491 e. The lowest BCUT2D eigenvalue weighted by atomic mass is 10.1. The molecule has 2 aromatic carbocycles. The molecule has 0 fully saturated rings. The number of nitrogens with one attached hydrogen (secondary N) is 2. The molecule has 1 aliphatic heterocycles. The van der Waals surface area contributed by atoms with Gasteiger partial charge in [-0.1, -0.05) is 95.8 Å². The van der Waals surface area contributed by atoms with Crippen molar-refractivity contribution in [1.29, 1.82) is 0 Å². The lowest BCUT2D eigenvalue weighted by Crippen LogP contribution is -2.21. The summed E-state index contributed by atoms with van der Waals surface area (Å²) in [6.07, 6.45) is 17.5. The van der Waals surface area contributed by atoms with Crippen molar-refractivity contribution in [3.8, 4) is 5.75 Å². The third kappa shape index (κ3) is 13.0. The zero-order chi connectivity index (χ0) is 27.7. The van der Waals surface area contributed by atoms with E-state index in [9.17, 15) is 9.18 Å². The van der Waals surface area contributed by atoms with Gasteiger partial charge in [-0.2, -0.15) is 0 Å². The molecule has 5 nitrogen and oxygen atoms in total. The first-order chi connectivity index (χ1) is 19.0. The van der Waals surface area contributed by atoms with Gasteiger partial charge in [0.25, 0.3) is 0 Å². The van der Waals surface area contributed by atoms with Crippen LogP contribution in [0.15, 0.2) is 53.6 Å². The zero-order valence-electron chi connectivity index (χ0n) is 24.2. The number of carbonyl (C=O) groups is 1. The molecule has 2 amide bonds. The van der Waals surface area contributed by atoms with E-state index in [1.54, 1.807) is 23.9 Å². The lowest BCUT2D eigenvalue weighted by molar-refractivity contribution is 0.262. The van der Waals surface area contributed by atoms with Gasteiger partial charge in [0.1, 0.15) is 0 Å². The molecule has 2 N–H and O–H groups in total. The summed E-state index contributed by atoms with van der Waals surface area (Å²) >= 11 is 1.80. The topological polar surface area (TPSA) is 53.6 Å². The van der Waals surface area contributed by atoms with E-state index < -0.39 is 11.8 Å². The fraction of sp³-hybridized carbons (Fsp3) is 0.531. The molecule has 3 rings (SSSR count). The van der Waals surface area contributed by atoms with Crippen LogP contribution in [-0.2, 0) is 6.54 Å². The second-order valence-electron chi connectivity index (χ2n) is 10.4. The first-order valence-corrected chi connectivity index (χ1v) is 15.7. The third-order valence-electron chi connectivity index (χ3n) is 6.91. The fourth-order valence-corrected chi connectivity index (χ4v) is 5.47. The Hall–Kier alpha value is -2.19. The number of carbonyl (C=O) groups excluding carboxylic acids is 1. The van der Waals surface area contributed by atoms with E-state index in [-0.39, 0.29) is 22.7 Å². The Morgan fingerprint density at radius 3 is 2.20 bits per heavy atom. The summed E-state index contributed by atoms with van der Waals surface area (Å²) in [4.78, 5) is 16.1. The number of rotatable bonds is 18. The maximum Gasteiger partial charge on any atom is 0.323 e. The number of thioether (sulfide) groups is 1. The number of allylic oxidation sites excluding steroid dienone is 1. The number of ether oxygens (including phenoxy) is 1. The number of benzene rings is 2. The first kappa shape index (κ1) is 34.0. The maximum absolute atomic E-state index is 14.6. The van der Waals surface area contributed by atoms with Crippen LogP contribution in [0.25, 0.3) is 0 Å². The molecule has 8 heteroatoms. The second-order valence-corrected chi connectivity index (χ2v) is 11.6. The maximum atomic E-state index is 14.6. The summed E-state index contributed by atoms with van der Waals surface area (Å²) < 4.78 is 20.2. The SMILES string of the molecule is Br.CCCCCCCCCCCCCCOc1ccc(NC(=O)Nc2ccccc2CN2C=C(C)SC2)cc1F. The molecule has 0 saturated heterocycles. The summed E-state index contributed by atoms with van der Waals surface area (Å²) in [6, 6.07) is 11.9. The largest absolute Gasteiger partial charge is 0.491 e. The van der Waals surface area contributed by atoms with Crippen LogP contribution in [0.3, 0.4) is 0 Å². The van der Waals surface area contributed by atoms with Crippen molar-refractivity contribution >= 4 is 46.1 Å². The molecular formula is C32H47BrFN3O2S. The Kier molecular flexibility index (Phi) is 16.8. The van der Waals surface area contributed by atoms with Gasteiger partial charge >= 0.3 is 6.03 Å². The molecule has 2 aromatic rings. The Labute approximate surface area is 255 Å². The number of anilines is 2. The average Bonchev–Trinajstić information content (AvgIpc) is 3.33. The van der Waals surface area contributed by atoms with E-state index in [0.29, 0.717) is 18.8 Å². The quantitative estimate of drug-likeness (QED) is 0.160. The molecule has 0 radical (unpaired) electrons. The molecule has 40 heavy (non-hydrogen) atoms. The number of halogens is 2. The van der Waals surface area contributed by atoms with Crippen molar-refractivity contribution in [2.75, 3.05) is 23.1 Å². The van der Waals surface area contributed by atoms with Gasteiger partial charge in [0, 0.05) is 30.2 Å². The molecule has 0 aromatic heterocycles. The summed E-state index contributed by atoms with van der Waals surface area (Å²) in [7, 11) is 0. The highest BCUT2D eigenvalue weighted by atomic mass is 79.9. The summed E-state index contributed by atoms with van der Waals surface area (Å²) in [5.74, 6) is 0.654. The van der Waals surface area contributed by atoms with E-state index in [2.05, 4.69) is 35.6 Å². The predicted molar refractivity (Wildman–Crippen MR) is 174 cm³/mol. The average molecular weight is 637 g/mol. The van der Waals surface area contributed by atoms with Gasteiger partial charge in [-0.15, -0.1) is 28.7 Å². The molecule has 222 valence electrons. The Morgan fingerprint density at radius 2 is 1.57 bits per heavy atom.